The highest BCUT2D eigenvalue weighted by atomic mass is 79.9. The van der Waals surface area contributed by atoms with E-state index in [2.05, 4.69) is 31.9 Å². The average molecular weight is 388 g/mol. The summed E-state index contributed by atoms with van der Waals surface area (Å²) >= 11 is 6.61. The first-order valence-electron chi connectivity index (χ1n) is 5.90. The fraction of sp³-hybridized carbons (Fsp3) is 0.200. The molecule has 4 heteroatoms. The molecule has 100 valence electrons. The van der Waals surface area contributed by atoms with Gasteiger partial charge in [0.25, 0.3) is 0 Å². The first kappa shape index (κ1) is 14.7. The number of rotatable bonds is 4. The van der Waals surface area contributed by atoms with Crippen molar-refractivity contribution in [2.45, 2.75) is 12.3 Å². The molecule has 0 aromatic heterocycles. The van der Waals surface area contributed by atoms with E-state index < -0.39 is 0 Å². The summed E-state index contributed by atoms with van der Waals surface area (Å²) in [4.78, 5) is 0. The standard InChI is InChI=1S/C15H13Br2FO/c16-13-4-1-10(2-5-13)12(9-19)7-11-3-6-14(17)8-15(11)18/h1-6,8,12,19H,7,9H2. The molecule has 0 amide bonds. The number of aliphatic hydroxyl groups excluding tert-OH is 1. The zero-order valence-electron chi connectivity index (χ0n) is 10.1. The Kier molecular flexibility index (Phi) is 5.13. The molecule has 0 aliphatic rings. The maximum Gasteiger partial charge on any atom is 0.127 e. The van der Waals surface area contributed by atoms with E-state index in [1.807, 2.05) is 30.3 Å². The van der Waals surface area contributed by atoms with E-state index in [1.54, 1.807) is 6.07 Å². The van der Waals surface area contributed by atoms with Crippen molar-refractivity contribution in [1.29, 1.82) is 0 Å². The summed E-state index contributed by atoms with van der Waals surface area (Å²) in [6.45, 7) is -0.00284. The molecule has 19 heavy (non-hydrogen) atoms. The third-order valence-electron chi connectivity index (χ3n) is 3.04. The highest BCUT2D eigenvalue weighted by molar-refractivity contribution is 9.10. The lowest BCUT2D eigenvalue weighted by Gasteiger charge is -2.15. The second kappa shape index (κ2) is 6.64. The molecule has 0 saturated carbocycles. The maximum absolute atomic E-state index is 13.8. The molecular weight excluding hydrogens is 375 g/mol. The van der Waals surface area contributed by atoms with Crippen LogP contribution in [0.3, 0.4) is 0 Å². The van der Waals surface area contributed by atoms with Crippen molar-refractivity contribution >= 4 is 31.9 Å². The van der Waals surface area contributed by atoms with Crippen LogP contribution >= 0.6 is 31.9 Å². The third kappa shape index (κ3) is 3.88. The van der Waals surface area contributed by atoms with Crippen LogP contribution in [0.5, 0.6) is 0 Å². The summed E-state index contributed by atoms with van der Waals surface area (Å²) in [5, 5.41) is 9.51. The molecule has 0 saturated heterocycles. The Hall–Kier alpha value is -0.710. The zero-order valence-corrected chi connectivity index (χ0v) is 13.3. The van der Waals surface area contributed by atoms with Gasteiger partial charge in [-0.15, -0.1) is 0 Å². The van der Waals surface area contributed by atoms with Gasteiger partial charge in [-0.2, -0.15) is 0 Å². The minimum atomic E-state index is -0.245. The predicted octanol–water partition coefficient (Wildman–Crippen LogP) is 4.67. The van der Waals surface area contributed by atoms with Crippen LogP contribution in [0.2, 0.25) is 0 Å². The van der Waals surface area contributed by atoms with E-state index in [-0.39, 0.29) is 18.3 Å². The molecule has 0 radical (unpaired) electrons. The second-order valence-corrected chi connectivity index (χ2v) is 6.20. The summed E-state index contributed by atoms with van der Waals surface area (Å²) in [6.07, 6.45) is 0.483. The molecule has 2 aromatic rings. The van der Waals surface area contributed by atoms with Gasteiger partial charge >= 0.3 is 0 Å². The van der Waals surface area contributed by atoms with Crippen LogP contribution in [-0.2, 0) is 6.42 Å². The van der Waals surface area contributed by atoms with Gasteiger partial charge in [-0.3, -0.25) is 0 Å². The lowest BCUT2D eigenvalue weighted by Crippen LogP contribution is -2.09. The van der Waals surface area contributed by atoms with E-state index in [9.17, 15) is 9.50 Å². The van der Waals surface area contributed by atoms with Gasteiger partial charge in [-0.05, 0) is 41.8 Å². The normalized spacial score (nSPS) is 12.4. The molecule has 0 spiro atoms. The Morgan fingerprint density at radius 1 is 1.00 bits per heavy atom. The van der Waals surface area contributed by atoms with Gasteiger partial charge in [0.1, 0.15) is 5.82 Å². The van der Waals surface area contributed by atoms with Crippen molar-refractivity contribution in [3.8, 4) is 0 Å². The highest BCUT2D eigenvalue weighted by Crippen LogP contribution is 2.25. The summed E-state index contributed by atoms with van der Waals surface area (Å²) in [6, 6.07) is 12.8. The predicted molar refractivity (Wildman–Crippen MR) is 81.8 cm³/mol. The van der Waals surface area contributed by atoms with Crippen LogP contribution in [0.4, 0.5) is 4.39 Å². The largest absolute Gasteiger partial charge is 0.396 e. The zero-order chi connectivity index (χ0) is 13.8. The van der Waals surface area contributed by atoms with Crippen LogP contribution < -0.4 is 0 Å². The van der Waals surface area contributed by atoms with Crippen LogP contribution in [0.15, 0.2) is 51.4 Å². The number of hydrogen-bond acceptors (Lipinski definition) is 1. The number of hydrogen-bond donors (Lipinski definition) is 1. The molecule has 2 aromatic carbocycles. The fourth-order valence-electron chi connectivity index (χ4n) is 1.98. The van der Waals surface area contributed by atoms with Crippen LogP contribution in [0, 0.1) is 5.82 Å². The highest BCUT2D eigenvalue weighted by Gasteiger charge is 2.14. The molecule has 2 rings (SSSR count). The molecule has 1 nitrogen and oxygen atoms in total. The topological polar surface area (TPSA) is 20.2 Å². The summed E-state index contributed by atoms with van der Waals surface area (Å²) in [7, 11) is 0. The Balaban J connectivity index is 2.21. The molecule has 0 aliphatic heterocycles. The van der Waals surface area contributed by atoms with Gasteiger partial charge in [-0.1, -0.05) is 50.1 Å². The van der Waals surface area contributed by atoms with E-state index in [0.717, 1.165) is 14.5 Å². The number of benzene rings is 2. The fourth-order valence-corrected chi connectivity index (χ4v) is 2.57. The Morgan fingerprint density at radius 3 is 2.21 bits per heavy atom. The first-order chi connectivity index (χ1) is 9.10. The van der Waals surface area contributed by atoms with Crippen molar-refractivity contribution in [3.63, 3.8) is 0 Å². The van der Waals surface area contributed by atoms with Crippen LogP contribution in [0.1, 0.15) is 17.0 Å². The van der Waals surface area contributed by atoms with E-state index in [0.29, 0.717) is 12.0 Å². The Labute approximate surface area is 128 Å². The van der Waals surface area contributed by atoms with Gasteiger partial charge in [0.05, 0.1) is 6.61 Å². The van der Waals surface area contributed by atoms with Gasteiger partial charge in [0.2, 0.25) is 0 Å². The SMILES string of the molecule is OCC(Cc1ccc(Br)cc1F)c1ccc(Br)cc1. The third-order valence-corrected chi connectivity index (χ3v) is 4.07. The molecule has 0 heterocycles. The average Bonchev–Trinajstić information content (AvgIpc) is 2.39. The van der Waals surface area contributed by atoms with Crippen LogP contribution in [0.25, 0.3) is 0 Å². The minimum absolute atomic E-state index is 0.00284. The van der Waals surface area contributed by atoms with Gasteiger partial charge in [-0.25, -0.2) is 4.39 Å². The van der Waals surface area contributed by atoms with Gasteiger partial charge in [0.15, 0.2) is 0 Å². The maximum atomic E-state index is 13.8. The molecule has 0 fully saturated rings. The van der Waals surface area contributed by atoms with E-state index in [4.69, 9.17) is 0 Å². The van der Waals surface area contributed by atoms with Gasteiger partial charge < -0.3 is 5.11 Å². The Bertz CT molecular complexity index is 555. The first-order valence-corrected chi connectivity index (χ1v) is 7.49. The van der Waals surface area contributed by atoms with Crippen LogP contribution in [-0.4, -0.2) is 11.7 Å². The summed E-state index contributed by atoms with van der Waals surface area (Å²) < 4.78 is 15.5. The lowest BCUT2D eigenvalue weighted by atomic mass is 9.92. The summed E-state index contributed by atoms with van der Waals surface area (Å²) in [5.74, 6) is -0.339. The quantitative estimate of drug-likeness (QED) is 0.808. The number of aliphatic hydroxyl groups is 1. The molecule has 1 atom stereocenters. The monoisotopic (exact) mass is 386 g/mol. The lowest BCUT2D eigenvalue weighted by molar-refractivity contribution is 0.263. The number of halogens is 3. The molecule has 0 aliphatic carbocycles. The second-order valence-electron chi connectivity index (χ2n) is 4.37. The van der Waals surface area contributed by atoms with Gasteiger partial charge in [0, 0.05) is 14.9 Å². The summed E-state index contributed by atoms with van der Waals surface area (Å²) in [5.41, 5.74) is 1.62. The van der Waals surface area contributed by atoms with E-state index >= 15 is 0 Å². The smallest absolute Gasteiger partial charge is 0.127 e. The molecule has 1 N–H and O–H groups in total. The van der Waals surface area contributed by atoms with Crippen molar-refractivity contribution in [2.24, 2.45) is 0 Å². The van der Waals surface area contributed by atoms with Crippen molar-refractivity contribution in [3.05, 3.63) is 68.4 Å². The van der Waals surface area contributed by atoms with Crippen molar-refractivity contribution in [1.82, 2.24) is 0 Å². The minimum Gasteiger partial charge on any atom is -0.396 e. The molecule has 0 bridgehead atoms. The molecule has 1 unspecified atom stereocenters. The molecular formula is C15H13Br2FO. The Morgan fingerprint density at radius 2 is 1.63 bits per heavy atom. The van der Waals surface area contributed by atoms with Crippen molar-refractivity contribution in [2.75, 3.05) is 6.61 Å². The van der Waals surface area contributed by atoms with E-state index in [1.165, 1.54) is 6.07 Å². The van der Waals surface area contributed by atoms with Crippen molar-refractivity contribution < 1.29 is 9.50 Å².